The highest BCUT2D eigenvalue weighted by atomic mass is 15.0. The fourth-order valence-corrected chi connectivity index (χ4v) is 3.93. The van der Waals surface area contributed by atoms with Gasteiger partial charge in [-0.1, -0.05) is 72.8 Å². The summed E-state index contributed by atoms with van der Waals surface area (Å²) < 4.78 is 2.43. The maximum atomic E-state index is 2.43. The highest BCUT2D eigenvalue weighted by Gasteiger charge is 2.17. The summed E-state index contributed by atoms with van der Waals surface area (Å²) in [6.45, 7) is 0. The van der Waals surface area contributed by atoms with Crippen LogP contribution in [0.25, 0.3) is 33.4 Å². The molecule has 1 aliphatic carbocycles. The molecule has 5 rings (SSSR count). The second kappa shape index (κ2) is 5.78. The smallest absolute Gasteiger partial charge is 0.0540 e. The molecule has 0 bridgehead atoms. The Bertz CT molecular complexity index is 1140. The minimum atomic E-state index is 0.984. The van der Waals surface area contributed by atoms with E-state index in [-0.39, 0.29) is 0 Å². The standard InChI is InChI=1S/C24H19N/c1-2-4-15-23-20(13-3-1)21-14-7-8-16-24(21)25(23)22-17-9-11-18-10-5-6-12-19(18)22/h1,3-12,14-17H,2,13H2/b3-1-,15-4?. The van der Waals surface area contributed by atoms with E-state index in [1.807, 2.05) is 0 Å². The number of para-hydroxylation sites is 1. The van der Waals surface area contributed by atoms with Crippen molar-refractivity contribution >= 4 is 27.8 Å². The van der Waals surface area contributed by atoms with E-state index in [0.29, 0.717) is 0 Å². The van der Waals surface area contributed by atoms with Crippen molar-refractivity contribution in [1.82, 2.24) is 4.57 Å². The molecule has 1 heterocycles. The number of hydrogen-bond acceptors (Lipinski definition) is 0. The number of benzene rings is 3. The van der Waals surface area contributed by atoms with Gasteiger partial charge in [0.25, 0.3) is 0 Å². The predicted octanol–water partition coefficient (Wildman–Crippen LogP) is 6.30. The van der Waals surface area contributed by atoms with Crippen LogP contribution in [0.5, 0.6) is 0 Å². The fourth-order valence-electron chi connectivity index (χ4n) is 3.93. The van der Waals surface area contributed by atoms with E-state index in [9.17, 15) is 0 Å². The van der Waals surface area contributed by atoms with Crippen LogP contribution in [0.1, 0.15) is 17.7 Å². The minimum absolute atomic E-state index is 0.984. The lowest BCUT2D eigenvalue weighted by Gasteiger charge is -2.13. The molecule has 0 aliphatic heterocycles. The third-order valence-electron chi connectivity index (χ3n) is 5.06. The Labute approximate surface area is 147 Å². The first kappa shape index (κ1) is 14.3. The first-order valence-electron chi connectivity index (χ1n) is 8.85. The zero-order chi connectivity index (χ0) is 16.6. The van der Waals surface area contributed by atoms with Crippen LogP contribution in [0.3, 0.4) is 0 Å². The molecule has 1 aromatic heterocycles. The Kier molecular flexibility index (Phi) is 3.31. The first-order chi connectivity index (χ1) is 12.4. The molecule has 0 radical (unpaired) electrons. The Balaban J connectivity index is 1.93. The van der Waals surface area contributed by atoms with E-state index < -0.39 is 0 Å². The Morgan fingerprint density at radius 1 is 0.680 bits per heavy atom. The topological polar surface area (TPSA) is 4.93 Å². The summed E-state index contributed by atoms with van der Waals surface area (Å²) in [5.74, 6) is 0. The monoisotopic (exact) mass is 321 g/mol. The van der Waals surface area contributed by atoms with E-state index in [2.05, 4.69) is 95.6 Å². The van der Waals surface area contributed by atoms with Crippen molar-refractivity contribution in [2.24, 2.45) is 0 Å². The minimum Gasteiger partial charge on any atom is -0.309 e. The van der Waals surface area contributed by atoms with Crippen molar-refractivity contribution in [3.05, 3.63) is 96.2 Å². The van der Waals surface area contributed by atoms with Crippen molar-refractivity contribution in [1.29, 1.82) is 0 Å². The van der Waals surface area contributed by atoms with Gasteiger partial charge in [0.15, 0.2) is 0 Å². The number of aromatic nitrogens is 1. The van der Waals surface area contributed by atoms with Crippen molar-refractivity contribution < 1.29 is 0 Å². The maximum Gasteiger partial charge on any atom is 0.0540 e. The zero-order valence-electron chi connectivity index (χ0n) is 14.0. The van der Waals surface area contributed by atoms with Crippen molar-refractivity contribution in [3.8, 4) is 5.69 Å². The summed E-state index contributed by atoms with van der Waals surface area (Å²) >= 11 is 0. The number of hydrogen-bond donors (Lipinski definition) is 0. The van der Waals surface area contributed by atoms with Gasteiger partial charge >= 0.3 is 0 Å². The van der Waals surface area contributed by atoms with Crippen LogP contribution in [0, 0.1) is 0 Å². The van der Waals surface area contributed by atoms with Gasteiger partial charge in [-0.25, -0.2) is 0 Å². The third-order valence-corrected chi connectivity index (χ3v) is 5.06. The molecule has 0 saturated heterocycles. The molecule has 25 heavy (non-hydrogen) atoms. The van der Waals surface area contributed by atoms with Gasteiger partial charge in [0.1, 0.15) is 0 Å². The van der Waals surface area contributed by atoms with Crippen LogP contribution in [-0.2, 0) is 6.42 Å². The molecule has 3 aromatic carbocycles. The van der Waals surface area contributed by atoms with Gasteiger partial charge in [-0.15, -0.1) is 0 Å². The first-order valence-corrected chi connectivity index (χ1v) is 8.85. The van der Waals surface area contributed by atoms with E-state index in [1.54, 1.807) is 0 Å². The molecule has 1 heteroatoms. The van der Waals surface area contributed by atoms with Crippen LogP contribution in [0.15, 0.2) is 85.0 Å². The molecule has 0 N–H and O–H groups in total. The van der Waals surface area contributed by atoms with Gasteiger partial charge in [0.05, 0.1) is 16.9 Å². The van der Waals surface area contributed by atoms with Gasteiger partial charge in [0, 0.05) is 10.8 Å². The molecule has 120 valence electrons. The number of nitrogens with zero attached hydrogens (tertiary/aromatic N) is 1. The Morgan fingerprint density at radius 2 is 1.48 bits per heavy atom. The number of rotatable bonds is 1. The molecule has 0 amide bonds. The van der Waals surface area contributed by atoms with Crippen LogP contribution >= 0.6 is 0 Å². The fraction of sp³-hybridized carbons (Fsp3) is 0.0833. The summed E-state index contributed by atoms with van der Waals surface area (Å²) in [6, 6.07) is 24.0. The van der Waals surface area contributed by atoms with Crippen LogP contribution < -0.4 is 0 Å². The Morgan fingerprint density at radius 3 is 2.44 bits per heavy atom. The molecule has 1 nitrogen and oxygen atoms in total. The molecule has 0 unspecified atom stereocenters. The molecular formula is C24H19N. The second-order valence-corrected chi connectivity index (χ2v) is 6.53. The largest absolute Gasteiger partial charge is 0.309 e. The Hall–Kier alpha value is -3.06. The van der Waals surface area contributed by atoms with Crippen molar-refractivity contribution in [2.45, 2.75) is 12.8 Å². The van der Waals surface area contributed by atoms with Crippen molar-refractivity contribution in [2.75, 3.05) is 0 Å². The van der Waals surface area contributed by atoms with Gasteiger partial charge in [-0.2, -0.15) is 0 Å². The third kappa shape index (κ3) is 2.24. The average Bonchev–Trinajstić information content (AvgIpc) is 2.93. The molecule has 0 atom stereocenters. The van der Waals surface area contributed by atoms with Crippen LogP contribution in [-0.4, -0.2) is 4.57 Å². The molecule has 0 spiro atoms. The zero-order valence-corrected chi connectivity index (χ0v) is 14.0. The highest BCUT2D eigenvalue weighted by Crippen LogP contribution is 2.34. The van der Waals surface area contributed by atoms with Gasteiger partial charge in [-0.3, -0.25) is 0 Å². The molecule has 4 aromatic rings. The summed E-state index contributed by atoms with van der Waals surface area (Å²) in [6.07, 6.45) is 11.1. The summed E-state index contributed by atoms with van der Waals surface area (Å²) in [4.78, 5) is 0. The average molecular weight is 321 g/mol. The van der Waals surface area contributed by atoms with E-state index in [1.165, 1.54) is 38.6 Å². The van der Waals surface area contributed by atoms with Gasteiger partial charge in [0.2, 0.25) is 0 Å². The summed E-state index contributed by atoms with van der Waals surface area (Å²) in [5.41, 5.74) is 5.26. The summed E-state index contributed by atoms with van der Waals surface area (Å²) in [7, 11) is 0. The molecular weight excluding hydrogens is 302 g/mol. The predicted molar refractivity (Wildman–Crippen MR) is 107 cm³/mol. The lowest BCUT2D eigenvalue weighted by Crippen LogP contribution is -1.99. The highest BCUT2D eigenvalue weighted by molar-refractivity contribution is 5.96. The summed E-state index contributed by atoms with van der Waals surface area (Å²) in [5, 5.41) is 3.92. The number of fused-ring (bicyclic) bond motifs is 4. The lowest BCUT2D eigenvalue weighted by molar-refractivity contribution is 1.09. The maximum absolute atomic E-state index is 2.43. The molecule has 1 aliphatic rings. The van der Waals surface area contributed by atoms with Crippen molar-refractivity contribution in [3.63, 3.8) is 0 Å². The lowest BCUT2D eigenvalue weighted by atomic mass is 10.0. The molecule has 0 fully saturated rings. The van der Waals surface area contributed by atoms with Crippen LogP contribution in [0.2, 0.25) is 0 Å². The second-order valence-electron chi connectivity index (χ2n) is 6.53. The SMILES string of the molecule is C1=Cc2c(c3ccccc3n2-c2cccc3ccccc23)C/C=C\C1. The van der Waals surface area contributed by atoms with Gasteiger partial charge < -0.3 is 4.57 Å². The van der Waals surface area contributed by atoms with E-state index in [4.69, 9.17) is 0 Å². The van der Waals surface area contributed by atoms with Gasteiger partial charge in [-0.05, 0) is 42.0 Å². The van der Waals surface area contributed by atoms with E-state index >= 15 is 0 Å². The quantitative estimate of drug-likeness (QED) is 0.363. The van der Waals surface area contributed by atoms with E-state index in [0.717, 1.165) is 12.8 Å². The normalized spacial score (nSPS) is 15.0. The number of allylic oxidation sites excluding steroid dienone is 3. The van der Waals surface area contributed by atoms with Crippen LogP contribution in [0.4, 0.5) is 0 Å². The molecule has 0 saturated carbocycles.